The first-order chi connectivity index (χ1) is 12.7. The second-order valence-corrected chi connectivity index (χ2v) is 6.45. The zero-order chi connectivity index (χ0) is 17.9. The van der Waals surface area contributed by atoms with Gasteiger partial charge in [-0.05, 0) is 12.1 Å². The molecule has 2 aromatic carbocycles. The minimum absolute atomic E-state index is 0.671. The monoisotopic (exact) mass is 352 g/mol. The molecule has 2 heterocycles. The number of nitrogens with zero attached hydrogens (tertiary/aromatic N) is 2. The van der Waals surface area contributed by atoms with Crippen molar-refractivity contribution < 1.29 is 22.7 Å². The van der Waals surface area contributed by atoms with Gasteiger partial charge in [-0.25, -0.2) is 0 Å². The third kappa shape index (κ3) is 3.22. The van der Waals surface area contributed by atoms with Gasteiger partial charge in [0.1, 0.15) is 6.61 Å². The number of benzene rings is 2. The van der Waals surface area contributed by atoms with E-state index < -0.39 is 0 Å². The molecule has 0 aliphatic heterocycles. The summed E-state index contributed by atoms with van der Waals surface area (Å²) in [5.41, 5.74) is 4.11. The maximum Gasteiger partial charge on any atom is 0.344 e. The van der Waals surface area contributed by atoms with Crippen LogP contribution < -0.4 is 9.13 Å². The van der Waals surface area contributed by atoms with E-state index in [9.17, 15) is 0 Å². The molecule has 0 aliphatic carbocycles. The van der Waals surface area contributed by atoms with Crippen molar-refractivity contribution in [2.24, 2.45) is 0 Å². The van der Waals surface area contributed by atoms with Gasteiger partial charge in [-0.1, -0.05) is 24.3 Å². The molecule has 0 saturated carbocycles. The van der Waals surface area contributed by atoms with Gasteiger partial charge >= 0.3 is 11.8 Å². The third-order valence-electron chi connectivity index (χ3n) is 4.72. The van der Waals surface area contributed by atoms with E-state index in [2.05, 4.69) is 21.3 Å². The molecule has 4 aromatic rings. The Bertz CT molecular complexity index is 948. The Hall–Kier alpha value is -2.66. The summed E-state index contributed by atoms with van der Waals surface area (Å²) in [6, 6.07) is 16.2. The first kappa shape index (κ1) is 16.8. The van der Waals surface area contributed by atoms with Gasteiger partial charge in [0.25, 0.3) is 11.0 Å². The van der Waals surface area contributed by atoms with E-state index in [4.69, 9.17) is 13.6 Å². The predicted molar refractivity (Wildman–Crippen MR) is 97.7 cm³/mol. The number of para-hydroxylation sites is 4. The first-order valence-corrected chi connectivity index (χ1v) is 9.08. The average Bonchev–Trinajstić information content (AvgIpc) is 3.14. The molecule has 134 valence electrons. The lowest BCUT2D eigenvalue weighted by Gasteiger charge is -2.00. The molecule has 26 heavy (non-hydrogen) atoms. The third-order valence-corrected chi connectivity index (χ3v) is 4.72. The Morgan fingerprint density at radius 3 is 1.88 bits per heavy atom. The van der Waals surface area contributed by atoms with Crippen molar-refractivity contribution in [2.45, 2.75) is 33.4 Å². The van der Waals surface area contributed by atoms with Crippen LogP contribution in [-0.4, -0.2) is 13.2 Å². The smallest absolute Gasteiger partial charge is 0.344 e. The summed E-state index contributed by atoms with van der Waals surface area (Å²) >= 11 is 0. The van der Waals surface area contributed by atoms with Crippen LogP contribution in [0.1, 0.15) is 18.2 Å². The van der Waals surface area contributed by atoms with Gasteiger partial charge in [0, 0.05) is 18.6 Å². The van der Waals surface area contributed by atoms with Gasteiger partial charge in [-0.2, -0.15) is 9.13 Å². The summed E-state index contributed by atoms with van der Waals surface area (Å²) in [6.07, 6.45) is 0.949. The van der Waals surface area contributed by atoms with Crippen molar-refractivity contribution >= 4 is 22.2 Å². The molecule has 4 rings (SSSR count). The van der Waals surface area contributed by atoms with Gasteiger partial charge in [0.2, 0.25) is 11.2 Å². The van der Waals surface area contributed by atoms with Crippen molar-refractivity contribution in [1.29, 1.82) is 0 Å². The van der Waals surface area contributed by atoms with Crippen molar-refractivity contribution in [3.8, 4) is 0 Å². The highest BCUT2D eigenvalue weighted by atomic mass is 16.5. The molecule has 2 aromatic heterocycles. The molecule has 5 heteroatoms. The molecule has 0 aliphatic rings. The lowest BCUT2D eigenvalue weighted by atomic mass is 10.3. The zero-order valence-electron chi connectivity index (χ0n) is 15.3. The van der Waals surface area contributed by atoms with Crippen molar-refractivity contribution in [3.63, 3.8) is 0 Å². The normalized spacial score (nSPS) is 11.6. The van der Waals surface area contributed by atoms with Gasteiger partial charge in [0.05, 0.1) is 20.5 Å². The van der Waals surface area contributed by atoms with Crippen molar-refractivity contribution in [3.05, 3.63) is 60.3 Å². The molecular formula is C21H24N2O3+2. The van der Waals surface area contributed by atoms with E-state index in [1.807, 2.05) is 50.2 Å². The van der Waals surface area contributed by atoms with Crippen LogP contribution in [0.3, 0.4) is 0 Å². The van der Waals surface area contributed by atoms with Crippen LogP contribution in [-0.2, 0) is 17.8 Å². The summed E-state index contributed by atoms with van der Waals surface area (Å²) in [5, 5.41) is 0. The maximum absolute atomic E-state index is 5.85. The summed E-state index contributed by atoms with van der Waals surface area (Å²) in [5.74, 6) is 1.84. The second kappa shape index (κ2) is 7.30. The zero-order valence-corrected chi connectivity index (χ0v) is 15.3. The number of aryl methyl sites for hydroxylation is 3. The molecule has 0 amide bonds. The number of hydrogen-bond acceptors (Lipinski definition) is 3. The van der Waals surface area contributed by atoms with E-state index in [1.54, 1.807) is 0 Å². The molecule has 0 unspecified atom stereocenters. The Morgan fingerprint density at radius 1 is 0.731 bits per heavy atom. The predicted octanol–water partition coefficient (Wildman–Crippen LogP) is 3.48. The quantitative estimate of drug-likeness (QED) is 0.378. The minimum Gasteiger partial charge on any atom is -0.402 e. The molecule has 0 N–H and O–H groups in total. The lowest BCUT2D eigenvalue weighted by Crippen LogP contribution is -2.38. The highest BCUT2D eigenvalue weighted by Crippen LogP contribution is 2.13. The number of rotatable bonds is 7. The van der Waals surface area contributed by atoms with Crippen LogP contribution in [0.15, 0.2) is 57.4 Å². The van der Waals surface area contributed by atoms with Crippen LogP contribution in [0.25, 0.3) is 22.2 Å². The van der Waals surface area contributed by atoms with Crippen LogP contribution in [0.4, 0.5) is 0 Å². The number of aromatic nitrogens is 2. The van der Waals surface area contributed by atoms with Crippen LogP contribution in [0, 0.1) is 13.8 Å². The van der Waals surface area contributed by atoms with Crippen molar-refractivity contribution in [2.75, 3.05) is 13.2 Å². The highest BCUT2D eigenvalue weighted by molar-refractivity contribution is 5.68. The summed E-state index contributed by atoms with van der Waals surface area (Å²) < 4.78 is 21.8. The Balaban J connectivity index is 1.29. The SMILES string of the molecule is Cc1oc2ccccc2[n+]1CCCOCC[n+]1c(C)oc2ccccc21. The Kier molecular flexibility index (Phi) is 4.71. The van der Waals surface area contributed by atoms with Crippen LogP contribution >= 0.6 is 0 Å². The van der Waals surface area contributed by atoms with E-state index in [0.29, 0.717) is 6.61 Å². The summed E-state index contributed by atoms with van der Waals surface area (Å²) in [4.78, 5) is 0. The maximum atomic E-state index is 5.85. The Labute approximate surface area is 152 Å². The van der Waals surface area contributed by atoms with E-state index in [-0.39, 0.29) is 0 Å². The molecule has 5 nitrogen and oxygen atoms in total. The number of ether oxygens (including phenoxy) is 1. The molecule has 0 atom stereocenters. The second-order valence-electron chi connectivity index (χ2n) is 6.45. The fraction of sp³-hybridized carbons (Fsp3) is 0.333. The molecule has 0 fully saturated rings. The van der Waals surface area contributed by atoms with Gasteiger partial charge in [-0.15, -0.1) is 0 Å². The standard InChI is InChI=1S/C21H24N2O3/c1-16-22(18-8-3-5-10-20(18)25-16)12-7-14-24-15-13-23-17(2)26-21-11-6-4-9-19(21)23/h3-6,8-11H,7,12-15H2,1-2H3/q+2. The topological polar surface area (TPSA) is 43.3 Å². The molecule has 0 radical (unpaired) electrons. The Morgan fingerprint density at radius 2 is 1.27 bits per heavy atom. The number of oxazole rings is 2. The minimum atomic E-state index is 0.671. The van der Waals surface area contributed by atoms with Gasteiger partial charge in [0.15, 0.2) is 13.1 Å². The fourth-order valence-corrected chi connectivity index (χ4v) is 3.44. The molecule has 0 bridgehead atoms. The van der Waals surface area contributed by atoms with Crippen LogP contribution in [0.5, 0.6) is 0 Å². The number of hydrogen-bond donors (Lipinski definition) is 0. The summed E-state index contributed by atoms with van der Waals surface area (Å²) in [7, 11) is 0. The van der Waals surface area contributed by atoms with Gasteiger partial charge in [-0.3, -0.25) is 0 Å². The molecule has 0 saturated heterocycles. The fourth-order valence-electron chi connectivity index (χ4n) is 3.44. The average molecular weight is 352 g/mol. The van der Waals surface area contributed by atoms with Gasteiger partial charge < -0.3 is 13.6 Å². The van der Waals surface area contributed by atoms with E-state index in [1.165, 1.54) is 0 Å². The largest absolute Gasteiger partial charge is 0.402 e. The van der Waals surface area contributed by atoms with E-state index >= 15 is 0 Å². The van der Waals surface area contributed by atoms with E-state index in [0.717, 1.165) is 60.1 Å². The summed E-state index contributed by atoms with van der Waals surface area (Å²) in [6.45, 7) is 7.08. The van der Waals surface area contributed by atoms with Crippen molar-refractivity contribution in [1.82, 2.24) is 0 Å². The number of fused-ring (bicyclic) bond motifs is 2. The van der Waals surface area contributed by atoms with Crippen LogP contribution in [0.2, 0.25) is 0 Å². The lowest BCUT2D eigenvalue weighted by molar-refractivity contribution is -0.686. The first-order valence-electron chi connectivity index (χ1n) is 9.08. The highest BCUT2D eigenvalue weighted by Gasteiger charge is 2.19. The molecular weight excluding hydrogens is 328 g/mol. The molecule has 0 spiro atoms.